The van der Waals surface area contributed by atoms with E-state index >= 15 is 0 Å². The van der Waals surface area contributed by atoms with Crippen LogP contribution in [0.5, 0.6) is 0 Å². The zero-order chi connectivity index (χ0) is 15.1. The van der Waals surface area contributed by atoms with Gasteiger partial charge in [0.2, 0.25) is 5.91 Å². The zero-order valence-electron chi connectivity index (χ0n) is 12.3. The molecule has 0 saturated heterocycles. The van der Waals surface area contributed by atoms with Crippen molar-refractivity contribution in [2.45, 2.75) is 33.1 Å². The Balaban J connectivity index is 1.97. The Bertz CT molecular complexity index is 613. The average molecular weight is 301 g/mol. The lowest BCUT2D eigenvalue weighted by molar-refractivity contribution is -0.120. The second-order valence-electron chi connectivity index (χ2n) is 4.59. The molecule has 1 aromatic carbocycles. The maximum absolute atomic E-state index is 11.8. The van der Waals surface area contributed by atoms with Gasteiger partial charge in [0.25, 0.3) is 0 Å². The van der Waals surface area contributed by atoms with Gasteiger partial charge in [0.15, 0.2) is 0 Å². The highest BCUT2D eigenvalue weighted by molar-refractivity contribution is 7.10. The van der Waals surface area contributed by atoms with E-state index < -0.39 is 0 Å². The summed E-state index contributed by atoms with van der Waals surface area (Å²) in [4.78, 5) is 16.3. The molecule has 0 radical (unpaired) electrons. The van der Waals surface area contributed by atoms with Crippen LogP contribution in [0, 0.1) is 0 Å². The second-order valence-corrected chi connectivity index (χ2v) is 5.53. The van der Waals surface area contributed by atoms with Crippen molar-refractivity contribution in [2.75, 3.05) is 0 Å². The maximum Gasteiger partial charge on any atom is 0.246 e. The molecular formula is C16H19N3OS. The van der Waals surface area contributed by atoms with Gasteiger partial charge in [-0.3, -0.25) is 4.79 Å². The van der Waals surface area contributed by atoms with Gasteiger partial charge in [-0.05, 0) is 12.8 Å². The summed E-state index contributed by atoms with van der Waals surface area (Å²) >= 11 is 1.50. The topological polar surface area (TPSA) is 54.4 Å². The molecule has 1 N–H and O–H groups in total. The number of benzene rings is 1. The molecule has 5 heteroatoms. The molecule has 2 rings (SSSR count). The predicted molar refractivity (Wildman–Crippen MR) is 87.4 cm³/mol. The molecule has 1 aromatic heterocycles. The van der Waals surface area contributed by atoms with E-state index in [4.69, 9.17) is 0 Å². The van der Waals surface area contributed by atoms with Crippen molar-refractivity contribution in [1.82, 2.24) is 10.4 Å². The van der Waals surface area contributed by atoms with Crippen molar-refractivity contribution in [3.05, 3.63) is 40.7 Å². The predicted octanol–water partition coefficient (Wildman–Crippen LogP) is 3.64. The number of hydrazone groups is 1. The Morgan fingerprint density at radius 3 is 2.62 bits per heavy atom. The Morgan fingerprint density at radius 1 is 1.24 bits per heavy atom. The molecule has 0 fully saturated rings. The van der Waals surface area contributed by atoms with E-state index in [2.05, 4.69) is 15.5 Å². The van der Waals surface area contributed by atoms with Gasteiger partial charge in [0.1, 0.15) is 5.01 Å². The standard InChI is InChI=1S/C16H19N3OS/c1-3-13(4-2)18-19-15(20)10-16-17-14(11-21-16)12-8-6-5-7-9-12/h5-9,11H,3-4,10H2,1-2H3,(H,19,20). The number of rotatable bonds is 6. The number of nitrogens with zero attached hydrogens (tertiary/aromatic N) is 2. The molecular weight excluding hydrogens is 282 g/mol. The van der Waals surface area contributed by atoms with Gasteiger partial charge in [0.05, 0.1) is 12.1 Å². The van der Waals surface area contributed by atoms with Gasteiger partial charge in [-0.25, -0.2) is 10.4 Å². The highest BCUT2D eigenvalue weighted by Crippen LogP contribution is 2.21. The molecule has 2 aromatic rings. The van der Waals surface area contributed by atoms with Gasteiger partial charge in [0, 0.05) is 16.7 Å². The molecule has 0 aliphatic carbocycles. The molecule has 0 aliphatic rings. The van der Waals surface area contributed by atoms with Gasteiger partial charge >= 0.3 is 0 Å². The molecule has 4 nitrogen and oxygen atoms in total. The first-order valence-electron chi connectivity index (χ1n) is 7.07. The molecule has 0 atom stereocenters. The first kappa shape index (κ1) is 15.4. The van der Waals surface area contributed by atoms with Gasteiger partial charge in [-0.1, -0.05) is 44.2 Å². The van der Waals surface area contributed by atoms with Crippen LogP contribution in [0.3, 0.4) is 0 Å². The fraction of sp³-hybridized carbons (Fsp3) is 0.312. The van der Waals surface area contributed by atoms with Crippen LogP contribution in [0.4, 0.5) is 0 Å². The number of hydrogen-bond acceptors (Lipinski definition) is 4. The molecule has 0 unspecified atom stereocenters. The number of carbonyl (C=O) groups is 1. The Hall–Kier alpha value is -2.01. The molecule has 1 heterocycles. The van der Waals surface area contributed by atoms with E-state index in [9.17, 15) is 4.79 Å². The third-order valence-electron chi connectivity index (χ3n) is 3.09. The Morgan fingerprint density at radius 2 is 1.95 bits per heavy atom. The number of aromatic nitrogens is 1. The van der Waals surface area contributed by atoms with E-state index in [-0.39, 0.29) is 12.3 Å². The minimum atomic E-state index is -0.122. The third-order valence-corrected chi connectivity index (χ3v) is 3.94. The fourth-order valence-electron chi connectivity index (χ4n) is 1.86. The first-order valence-corrected chi connectivity index (χ1v) is 7.95. The van der Waals surface area contributed by atoms with Crippen molar-refractivity contribution in [2.24, 2.45) is 5.10 Å². The molecule has 0 aliphatic heterocycles. The number of hydrogen-bond donors (Lipinski definition) is 1. The summed E-state index contributed by atoms with van der Waals surface area (Å²) in [6.07, 6.45) is 1.97. The molecule has 0 bridgehead atoms. The number of thiazole rings is 1. The van der Waals surface area contributed by atoms with E-state index in [1.807, 2.05) is 49.6 Å². The Labute approximate surface area is 128 Å². The maximum atomic E-state index is 11.8. The lowest BCUT2D eigenvalue weighted by atomic mass is 10.2. The quantitative estimate of drug-likeness (QED) is 0.654. The van der Waals surface area contributed by atoms with E-state index in [0.29, 0.717) is 0 Å². The number of carbonyl (C=O) groups excluding carboxylic acids is 1. The Kier molecular flexibility index (Phi) is 5.63. The van der Waals surface area contributed by atoms with Crippen LogP contribution in [-0.2, 0) is 11.2 Å². The minimum absolute atomic E-state index is 0.122. The lowest BCUT2D eigenvalue weighted by Crippen LogP contribution is -2.21. The summed E-state index contributed by atoms with van der Waals surface area (Å²) < 4.78 is 0. The zero-order valence-corrected chi connectivity index (χ0v) is 13.1. The summed E-state index contributed by atoms with van der Waals surface area (Å²) in [6.45, 7) is 4.06. The summed E-state index contributed by atoms with van der Waals surface area (Å²) in [6, 6.07) is 9.96. The van der Waals surface area contributed by atoms with Crippen LogP contribution in [-0.4, -0.2) is 16.6 Å². The fourth-order valence-corrected chi connectivity index (χ4v) is 2.66. The van der Waals surface area contributed by atoms with Crippen LogP contribution < -0.4 is 5.43 Å². The first-order chi connectivity index (χ1) is 10.2. The molecule has 0 spiro atoms. The lowest BCUT2D eigenvalue weighted by Gasteiger charge is -2.01. The minimum Gasteiger partial charge on any atom is -0.273 e. The molecule has 110 valence electrons. The second kappa shape index (κ2) is 7.69. The van der Waals surface area contributed by atoms with Gasteiger partial charge in [-0.2, -0.15) is 5.10 Å². The molecule has 0 saturated carbocycles. The van der Waals surface area contributed by atoms with E-state index in [1.165, 1.54) is 11.3 Å². The van der Waals surface area contributed by atoms with E-state index in [1.54, 1.807) is 0 Å². The van der Waals surface area contributed by atoms with Crippen molar-refractivity contribution in [1.29, 1.82) is 0 Å². The molecule has 21 heavy (non-hydrogen) atoms. The third kappa shape index (κ3) is 4.49. The van der Waals surface area contributed by atoms with Crippen LogP contribution in [0.25, 0.3) is 11.3 Å². The highest BCUT2D eigenvalue weighted by Gasteiger charge is 2.08. The monoisotopic (exact) mass is 301 g/mol. The smallest absolute Gasteiger partial charge is 0.246 e. The summed E-state index contributed by atoms with van der Waals surface area (Å²) in [7, 11) is 0. The highest BCUT2D eigenvalue weighted by atomic mass is 32.1. The molecule has 1 amide bonds. The van der Waals surface area contributed by atoms with Crippen molar-refractivity contribution in [3.8, 4) is 11.3 Å². The SMILES string of the molecule is CCC(CC)=NNC(=O)Cc1nc(-c2ccccc2)cs1. The summed E-state index contributed by atoms with van der Waals surface area (Å²) in [5, 5.41) is 6.89. The van der Waals surface area contributed by atoms with Crippen LogP contribution in [0.2, 0.25) is 0 Å². The van der Waals surface area contributed by atoms with E-state index in [0.717, 1.165) is 34.8 Å². The summed E-state index contributed by atoms with van der Waals surface area (Å²) in [5.41, 5.74) is 5.57. The van der Waals surface area contributed by atoms with Crippen molar-refractivity contribution < 1.29 is 4.79 Å². The van der Waals surface area contributed by atoms with Crippen LogP contribution in [0.1, 0.15) is 31.7 Å². The number of amides is 1. The average Bonchev–Trinajstić information content (AvgIpc) is 2.97. The largest absolute Gasteiger partial charge is 0.273 e. The van der Waals surface area contributed by atoms with Crippen LogP contribution >= 0.6 is 11.3 Å². The van der Waals surface area contributed by atoms with Gasteiger partial charge in [-0.15, -0.1) is 11.3 Å². The van der Waals surface area contributed by atoms with Crippen LogP contribution in [0.15, 0.2) is 40.8 Å². The van der Waals surface area contributed by atoms with Gasteiger partial charge < -0.3 is 0 Å². The number of nitrogens with one attached hydrogen (secondary N) is 1. The van der Waals surface area contributed by atoms with Crippen molar-refractivity contribution >= 4 is 23.0 Å². The normalized spacial score (nSPS) is 10.2. The van der Waals surface area contributed by atoms with Crippen molar-refractivity contribution in [3.63, 3.8) is 0 Å². The summed E-state index contributed by atoms with van der Waals surface area (Å²) in [5.74, 6) is -0.122.